The van der Waals surface area contributed by atoms with E-state index in [2.05, 4.69) is 41.7 Å². The number of nitrogens with zero attached hydrogens (tertiary/aromatic N) is 4. The third-order valence-electron chi connectivity index (χ3n) is 12.4. The molecule has 1 saturated heterocycles. The van der Waals surface area contributed by atoms with E-state index in [1.54, 1.807) is 7.11 Å². The molecule has 2 heterocycles. The zero-order valence-electron chi connectivity index (χ0n) is 25.3. The van der Waals surface area contributed by atoms with Gasteiger partial charge in [-0.25, -0.2) is 9.97 Å². The van der Waals surface area contributed by atoms with E-state index in [1.165, 1.54) is 31.2 Å². The van der Waals surface area contributed by atoms with Crippen LogP contribution in [0.2, 0.25) is 0 Å². The first-order valence-corrected chi connectivity index (χ1v) is 15.9. The van der Waals surface area contributed by atoms with Crippen molar-refractivity contribution in [1.82, 2.24) is 14.9 Å². The quantitative estimate of drug-likeness (QED) is 0.396. The van der Waals surface area contributed by atoms with Gasteiger partial charge < -0.3 is 19.6 Å². The molecule has 0 unspecified atom stereocenters. The molecule has 3 saturated carbocycles. The van der Waals surface area contributed by atoms with Crippen molar-refractivity contribution in [3.05, 3.63) is 24.0 Å². The van der Waals surface area contributed by atoms with E-state index < -0.39 is 0 Å². The molecule has 41 heavy (non-hydrogen) atoms. The van der Waals surface area contributed by atoms with E-state index in [4.69, 9.17) is 4.74 Å². The van der Waals surface area contributed by atoms with E-state index in [1.807, 2.05) is 11.0 Å². The van der Waals surface area contributed by atoms with Gasteiger partial charge in [-0.3, -0.25) is 9.59 Å². The Hall–Kier alpha value is -2.48. The van der Waals surface area contributed by atoms with Crippen LogP contribution in [0, 0.1) is 40.4 Å². The number of anilines is 1. The highest BCUT2D eigenvalue weighted by molar-refractivity contribution is 5.99. The van der Waals surface area contributed by atoms with Crippen LogP contribution in [-0.4, -0.2) is 71.1 Å². The Morgan fingerprint density at radius 1 is 1.07 bits per heavy atom. The third-order valence-corrected chi connectivity index (χ3v) is 12.4. The van der Waals surface area contributed by atoms with E-state index in [9.17, 15) is 14.7 Å². The summed E-state index contributed by atoms with van der Waals surface area (Å²) in [6, 6.07) is 1.81. The number of fused-ring (bicyclic) bond motifs is 5. The van der Waals surface area contributed by atoms with Gasteiger partial charge in [-0.05, 0) is 85.9 Å². The number of ketones is 1. The van der Waals surface area contributed by atoms with Crippen molar-refractivity contribution in [1.29, 1.82) is 0 Å². The van der Waals surface area contributed by atoms with E-state index in [0.717, 1.165) is 37.9 Å². The number of allylic oxidation sites excluding steroid dienone is 1. The molecule has 6 rings (SSSR count). The lowest BCUT2D eigenvalue weighted by molar-refractivity contribution is -0.138. The SMILES string of the molecule is COc1cc(N2CCN(C(=O)CC(=O)[C@H](C)[C@H]3CC[C@H]4[C@@H]5CC=C6C[C@@H](O)CC[C@]6(C)[C@H]5CC[C@@]34C)CC2)ncn1. The molecule has 8 atom stereocenters. The first-order chi connectivity index (χ1) is 19.6. The Morgan fingerprint density at radius 2 is 1.85 bits per heavy atom. The average Bonchev–Trinajstić information content (AvgIpc) is 3.34. The second kappa shape index (κ2) is 11.0. The lowest BCUT2D eigenvalue weighted by atomic mass is 9.47. The van der Waals surface area contributed by atoms with E-state index in [0.29, 0.717) is 55.7 Å². The normalized spacial score (nSPS) is 37.4. The summed E-state index contributed by atoms with van der Waals surface area (Å²) in [4.78, 5) is 39.2. The molecule has 0 aromatic carbocycles. The lowest BCUT2D eigenvalue weighted by Crippen LogP contribution is -2.51. The maximum atomic E-state index is 13.6. The standard InChI is InChI=1S/C33H48N4O4/c1-21(28(39)18-31(40)37-15-13-36(14-16-37)29-19-30(41-4)35-20-34-29)25-7-8-26-24-6-5-22-17-23(38)9-11-32(22,2)27(24)10-12-33(25,26)3/h5,19-21,23-27,38H,6-18H2,1-4H3/t21-,23+,24+,25-,26+,27+,32+,33+/m1/s1. The molecule has 4 aliphatic carbocycles. The number of ether oxygens (including phenoxy) is 1. The molecule has 0 bridgehead atoms. The number of Topliss-reactive ketones (excluding diaryl/α,β-unsaturated/α-hetero) is 1. The number of aliphatic hydroxyl groups is 1. The van der Waals surface area contributed by atoms with Gasteiger partial charge in [0.25, 0.3) is 0 Å². The molecule has 8 heteroatoms. The zero-order chi connectivity index (χ0) is 28.9. The van der Waals surface area contributed by atoms with Crippen molar-refractivity contribution in [2.24, 2.45) is 40.4 Å². The highest BCUT2D eigenvalue weighted by Gasteiger charge is 2.59. The van der Waals surface area contributed by atoms with Gasteiger partial charge in [-0.2, -0.15) is 0 Å². The Morgan fingerprint density at radius 3 is 2.61 bits per heavy atom. The maximum absolute atomic E-state index is 13.6. The largest absolute Gasteiger partial charge is 0.481 e. The third kappa shape index (κ3) is 4.98. The first kappa shape index (κ1) is 28.6. The van der Waals surface area contributed by atoms with Crippen molar-refractivity contribution in [2.75, 3.05) is 38.2 Å². The van der Waals surface area contributed by atoms with E-state index >= 15 is 0 Å². The minimum Gasteiger partial charge on any atom is -0.481 e. The lowest BCUT2D eigenvalue weighted by Gasteiger charge is -2.58. The Balaban J connectivity index is 1.06. The van der Waals surface area contributed by atoms with Crippen LogP contribution in [0.4, 0.5) is 5.82 Å². The number of aromatic nitrogens is 2. The molecular formula is C33H48N4O4. The van der Waals surface area contributed by atoms with Gasteiger partial charge in [0.05, 0.1) is 19.6 Å². The molecule has 1 aromatic rings. The summed E-state index contributed by atoms with van der Waals surface area (Å²) in [6.45, 7) is 9.56. The van der Waals surface area contributed by atoms with Crippen molar-refractivity contribution in [3.63, 3.8) is 0 Å². The number of hydrogen-bond donors (Lipinski definition) is 1. The topological polar surface area (TPSA) is 95.9 Å². The zero-order valence-corrected chi connectivity index (χ0v) is 25.3. The molecule has 224 valence electrons. The van der Waals surface area contributed by atoms with Crippen LogP contribution >= 0.6 is 0 Å². The van der Waals surface area contributed by atoms with Gasteiger partial charge in [0.15, 0.2) is 0 Å². The summed E-state index contributed by atoms with van der Waals surface area (Å²) in [6.07, 6.45) is 12.5. The van der Waals surface area contributed by atoms with Crippen LogP contribution in [0.3, 0.4) is 0 Å². The predicted molar refractivity (Wildman–Crippen MR) is 157 cm³/mol. The molecule has 1 N–H and O–H groups in total. The number of carbonyl (C=O) groups is 2. The fourth-order valence-corrected chi connectivity index (χ4v) is 9.95. The van der Waals surface area contributed by atoms with Crippen molar-refractivity contribution in [3.8, 4) is 5.88 Å². The number of amides is 1. The van der Waals surface area contributed by atoms with Crippen LogP contribution < -0.4 is 9.64 Å². The van der Waals surface area contributed by atoms with Gasteiger partial charge in [0.1, 0.15) is 17.9 Å². The molecule has 5 aliphatic rings. The minimum absolute atomic E-state index is 0.0122. The number of carbonyl (C=O) groups excluding carboxylic acids is 2. The Kier molecular flexibility index (Phi) is 7.66. The molecule has 0 spiro atoms. The number of piperazine rings is 1. The second-order valence-corrected chi connectivity index (χ2v) is 14.1. The van der Waals surface area contributed by atoms with Crippen molar-refractivity contribution < 1.29 is 19.4 Å². The summed E-state index contributed by atoms with van der Waals surface area (Å²) >= 11 is 0. The molecule has 4 fully saturated rings. The summed E-state index contributed by atoms with van der Waals surface area (Å²) in [7, 11) is 1.59. The molecule has 8 nitrogen and oxygen atoms in total. The van der Waals surface area contributed by atoms with Gasteiger partial charge in [0, 0.05) is 38.2 Å². The monoisotopic (exact) mass is 564 g/mol. The number of aliphatic hydroxyl groups excluding tert-OH is 1. The van der Waals surface area contributed by atoms with Crippen LogP contribution in [0.5, 0.6) is 5.88 Å². The van der Waals surface area contributed by atoms with Gasteiger partial charge >= 0.3 is 0 Å². The molecule has 1 aliphatic heterocycles. The van der Waals surface area contributed by atoms with Crippen molar-refractivity contribution in [2.45, 2.75) is 84.7 Å². The fourth-order valence-electron chi connectivity index (χ4n) is 9.95. The van der Waals surface area contributed by atoms with E-state index in [-0.39, 0.29) is 41.0 Å². The fraction of sp³-hybridized carbons (Fsp3) is 0.758. The van der Waals surface area contributed by atoms with Crippen LogP contribution in [-0.2, 0) is 9.59 Å². The molecule has 1 aromatic heterocycles. The predicted octanol–water partition coefficient (Wildman–Crippen LogP) is 4.67. The average molecular weight is 565 g/mol. The van der Waals surface area contributed by atoms with Gasteiger partial charge in [0.2, 0.25) is 11.8 Å². The Bertz CT molecular complexity index is 1200. The van der Waals surface area contributed by atoms with Gasteiger partial charge in [-0.1, -0.05) is 32.4 Å². The van der Waals surface area contributed by atoms with Crippen molar-refractivity contribution >= 4 is 17.5 Å². The molecule has 0 radical (unpaired) electrons. The Labute approximate surface area is 244 Å². The maximum Gasteiger partial charge on any atom is 0.230 e. The van der Waals surface area contributed by atoms with Gasteiger partial charge in [-0.15, -0.1) is 0 Å². The minimum atomic E-state index is -0.170. The highest BCUT2D eigenvalue weighted by atomic mass is 16.5. The molecular weight excluding hydrogens is 516 g/mol. The molecule has 1 amide bonds. The van der Waals surface area contributed by atoms with Crippen LogP contribution in [0.25, 0.3) is 0 Å². The first-order valence-electron chi connectivity index (χ1n) is 15.9. The summed E-state index contributed by atoms with van der Waals surface area (Å²) in [5.74, 6) is 3.68. The smallest absolute Gasteiger partial charge is 0.230 e. The highest BCUT2D eigenvalue weighted by Crippen LogP contribution is 2.67. The number of hydrogen-bond acceptors (Lipinski definition) is 7. The summed E-state index contributed by atoms with van der Waals surface area (Å²) in [5.41, 5.74) is 1.91. The summed E-state index contributed by atoms with van der Waals surface area (Å²) < 4.78 is 5.22. The number of rotatable bonds is 6. The summed E-state index contributed by atoms with van der Waals surface area (Å²) in [5, 5.41) is 10.3. The van der Waals surface area contributed by atoms with Crippen LogP contribution in [0.1, 0.15) is 78.6 Å². The van der Waals surface area contributed by atoms with Crippen LogP contribution in [0.15, 0.2) is 24.0 Å². The second-order valence-electron chi connectivity index (χ2n) is 14.1. The number of methoxy groups -OCH3 is 1.